The van der Waals surface area contributed by atoms with Crippen LogP contribution in [0.1, 0.15) is 34.7 Å². The standard InChI is InChI=1S/C53H43NOS/c1-6-17-35(18-7-2)37-29-31-47-45(33-37)53(43-25-13-11-21-39(43)40-22-12-14-26-44(40)53)46-34-38(36-19-9-8-10-20-36)30-32-48(46)54(47)49-27-15-23-41-42-24-16-28-50(56(3,4)5)52(42)55-51(41)49/h6-34H,1H2,2-5H3/b18-7-,35-17+. The van der Waals surface area contributed by atoms with Crippen molar-refractivity contribution < 1.29 is 4.42 Å². The van der Waals surface area contributed by atoms with Gasteiger partial charge in [0, 0.05) is 15.7 Å². The predicted octanol–water partition coefficient (Wildman–Crippen LogP) is 14.6. The first kappa shape index (κ1) is 34.2. The highest BCUT2D eigenvalue weighted by Gasteiger charge is 2.52. The summed E-state index contributed by atoms with van der Waals surface area (Å²) in [7, 11) is -1.06. The molecular weight excluding hydrogens is 699 g/mol. The van der Waals surface area contributed by atoms with Gasteiger partial charge in [-0.25, -0.2) is 10.0 Å². The summed E-state index contributed by atoms with van der Waals surface area (Å²) in [5, 5.41) is 2.29. The lowest BCUT2D eigenvalue weighted by Crippen LogP contribution is -2.36. The molecule has 3 heteroatoms. The third-order valence-electron chi connectivity index (χ3n) is 11.7. The van der Waals surface area contributed by atoms with Gasteiger partial charge in [-0.1, -0.05) is 146 Å². The highest BCUT2D eigenvalue weighted by atomic mass is 32.3. The van der Waals surface area contributed by atoms with Crippen molar-refractivity contribution in [1.82, 2.24) is 0 Å². The molecule has 7 aromatic carbocycles. The highest BCUT2D eigenvalue weighted by molar-refractivity contribution is 8.32. The number of benzene rings is 7. The second kappa shape index (κ2) is 12.9. The monoisotopic (exact) mass is 741 g/mol. The number of para-hydroxylation sites is 2. The van der Waals surface area contributed by atoms with Gasteiger partial charge in [-0.2, -0.15) is 0 Å². The zero-order valence-electron chi connectivity index (χ0n) is 32.2. The molecule has 2 nitrogen and oxygen atoms in total. The van der Waals surface area contributed by atoms with E-state index in [1.165, 1.54) is 49.4 Å². The van der Waals surface area contributed by atoms with Crippen LogP contribution in [0.15, 0.2) is 192 Å². The quantitative estimate of drug-likeness (QED) is 0.158. The zero-order valence-corrected chi connectivity index (χ0v) is 33.0. The van der Waals surface area contributed by atoms with Gasteiger partial charge < -0.3 is 9.32 Å². The van der Waals surface area contributed by atoms with Gasteiger partial charge >= 0.3 is 0 Å². The number of anilines is 3. The number of fused-ring (bicyclic) bond motifs is 12. The van der Waals surface area contributed by atoms with Gasteiger partial charge in [0.15, 0.2) is 5.58 Å². The Balaban J connectivity index is 1.37. The molecule has 10 rings (SSSR count). The Bertz CT molecular complexity index is 2890. The first-order chi connectivity index (χ1) is 27.3. The molecular formula is C53H43NOS. The maximum atomic E-state index is 7.12. The van der Waals surface area contributed by atoms with Crippen LogP contribution in [-0.2, 0) is 5.41 Å². The molecule has 1 aliphatic heterocycles. The summed E-state index contributed by atoms with van der Waals surface area (Å²) in [5.41, 5.74) is 16.8. The molecule has 0 N–H and O–H groups in total. The molecule has 0 saturated heterocycles. The van der Waals surface area contributed by atoms with E-state index >= 15 is 0 Å². The van der Waals surface area contributed by atoms with Gasteiger partial charge in [0.2, 0.25) is 0 Å². The fraction of sp³-hybridized carbons (Fsp3) is 0.0943. The van der Waals surface area contributed by atoms with Gasteiger partial charge in [-0.15, -0.1) is 0 Å². The summed E-state index contributed by atoms with van der Waals surface area (Å²) in [4.78, 5) is 3.76. The topological polar surface area (TPSA) is 16.4 Å². The Morgan fingerprint density at radius 3 is 1.89 bits per heavy atom. The van der Waals surface area contributed by atoms with Gasteiger partial charge in [0.25, 0.3) is 0 Å². The van der Waals surface area contributed by atoms with Gasteiger partial charge in [0.1, 0.15) is 5.58 Å². The molecule has 1 spiro atoms. The van der Waals surface area contributed by atoms with Crippen molar-refractivity contribution in [1.29, 1.82) is 0 Å². The van der Waals surface area contributed by atoms with Gasteiger partial charge in [-0.05, 0) is 118 Å². The van der Waals surface area contributed by atoms with E-state index in [0.29, 0.717) is 0 Å². The minimum Gasteiger partial charge on any atom is -0.453 e. The maximum Gasteiger partial charge on any atom is 0.159 e. The van der Waals surface area contributed by atoms with Crippen LogP contribution in [0, 0.1) is 0 Å². The molecule has 2 aliphatic rings. The number of rotatable bonds is 6. The SMILES string of the molecule is C=C/C=C(\C=C/C)c1ccc2c(c1)C1(c3ccccc3-c3ccccc31)c1cc(-c3ccccc3)ccc1N2c1cccc2c1oc1c(S(C)(C)C)cccc12. The Labute approximate surface area is 331 Å². The third-order valence-corrected chi connectivity index (χ3v) is 13.3. The van der Waals surface area contributed by atoms with E-state index in [1.807, 2.05) is 6.08 Å². The van der Waals surface area contributed by atoms with Crippen LogP contribution in [-0.4, -0.2) is 18.8 Å². The molecule has 56 heavy (non-hydrogen) atoms. The molecule has 272 valence electrons. The largest absolute Gasteiger partial charge is 0.453 e. The van der Waals surface area contributed by atoms with Crippen molar-refractivity contribution in [2.75, 3.05) is 23.7 Å². The minimum absolute atomic E-state index is 0.602. The van der Waals surface area contributed by atoms with E-state index in [-0.39, 0.29) is 0 Å². The molecule has 0 bridgehead atoms. The van der Waals surface area contributed by atoms with Crippen LogP contribution >= 0.6 is 10.0 Å². The second-order valence-electron chi connectivity index (χ2n) is 15.6. The van der Waals surface area contributed by atoms with Gasteiger partial charge in [-0.3, -0.25) is 0 Å². The van der Waals surface area contributed by atoms with Crippen molar-refractivity contribution in [3.8, 4) is 22.3 Å². The van der Waals surface area contributed by atoms with Crippen LogP contribution in [0.3, 0.4) is 0 Å². The fourth-order valence-electron chi connectivity index (χ4n) is 9.39. The Kier molecular flexibility index (Phi) is 7.88. The number of nitrogens with zero attached hydrogens (tertiary/aromatic N) is 1. The molecule has 1 aromatic heterocycles. The number of allylic oxidation sites excluding steroid dienone is 5. The lowest BCUT2D eigenvalue weighted by Gasteiger charge is -2.45. The van der Waals surface area contributed by atoms with Gasteiger partial charge in [0.05, 0.1) is 22.5 Å². The number of hydrogen-bond donors (Lipinski definition) is 0. The molecule has 0 radical (unpaired) electrons. The third kappa shape index (κ3) is 4.90. The van der Waals surface area contributed by atoms with Crippen molar-refractivity contribution in [3.05, 3.63) is 210 Å². The molecule has 0 saturated carbocycles. The van der Waals surface area contributed by atoms with Crippen molar-refractivity contribution in [3.63, 3.8) is 0 Å². The summed E-state index contributed by atoms with van der Waals surface area (Å²) in [6.45, 7) is 6.16. The highest BCUT2D eigenvalue weighted by Crippen LogP contribution is 2.64. The minimum atomic E-state index is -1.06. The van der Waals surface area contributed by atoms with Crippen LogP contribution in [0.2, 0.25) is 0 Å². The van der Waals surface area contributed by atoms with Crippen molar-refractivity contribution in [2.45, 2.75) is 17.2 Å². The van der Waals surface area contributed by atoms with E-state index < -0.39 is 15.4 Å². The Hall–Kier alpha value is -6.29. The summed E-state index contributed by atoms with van der Waals surface area (Å²) >= 11 is 0. The summed E-state index contributed by atoms with van der Waals surface area (Å²) < 4.78 is 7.12. The predicted molar refractivity (Wildman–Crippen MR) is 241 cm³/mol. The van der Waals surface area contributed by atoms with Crippen LogP contribution < -0.4 is 4.90 Å². The van der Waals surface area contributed by atoms with E-state index in [0.717, 1.165) is 50.1 Å². The van der Waals surface area contributed by atoms with E-state index in [2.05, 4.69) is 207 Å². The molecule has 0 unspecified atom stereocenters. The van der Waals surface area contributed by atoms with E-state index in [1.54, 1.807) is 0 Å². The second-order valence-corrected chi connectivity index (χ2v) is 19.7. The summed E-state index contributed by atoms with van der Waals surface area (Å²) in [6, 6.07) is 56.2. The van der Waals surface area contributed by atoms with E-state index in [9.17, 15) is 0 Å². The maximum absolute atomic E-state index is 7.12. The first-order valence-electron chi connectivity index (χ1n) is 19.3. The Morgan fingerprint density at radius 2 is 1.21 bits per heavy atom. The number of hydrogen-bond acceptors (Lipinski definition) is 2. The lowest BCUT2D eigenvalue weighted by molar-refractivity contribution is 0.659. The average molecular weight is 742 g/mol. The van der Waals surface area contributed by atoms with Crippen LogP contribution in [0.4, 0.5) is 17.1 Å². The molecule has 8 aromatic rings. The van der Waals surface area contributed by atoms with Crippen LogP contribution in [0.25, 0.3) is 49.8 Å². The zero-order chi connectivity index (χ0) is 38.2. The summed E-state index contributed by atoms with van der Waals surface area (Å²) in [6.07, 6.45) is 15.3. The van der Waals surface area contributed by atoms with Crippen LogP contribution in [0.5, 0.6) is 0 Å². The molecule has 0 amide bonds. The molecule has 0 atom stereocenters. The number of furan rings is 1. The smallest absolute Gasteiger partial charge is 0.159 e. The summed E-state index contributed by atoms with van der Waals surface area (Å²) in [5.74, 6) is 0. The first-order valence-corrected chi connectivity index (χ1v) is 22.1. The van der Waals surface area contributed by atoms with E-state index in [4.69, 9.17) is 4.42 Å². The van der Waals surface area contributed by atoms with Crippen molar-refractivity contribution >= 4 is 54.6 Å². The molecule has 0 fully saturated rings. The average Bonchev–Trinajstić information content (AvgIpc) is 3.75. The van der Waals surface area contributed by atoms with Crippen molar-refractivity contribution in [2.24, 2.45) is 0 Å². The molecule has 2 heterocycles. The lowest BCUT2D eigenvalue weighted by atomic mass is 9.64. The fourth-order valence-corrected chi connectivity index (χ4v) is 10.6. The Morgan fingerprint density at radius 1 is 0.589 bits per heavy atom. The normalized spacial score (nSPS) is 14.6. The molecule has 1 aliphatic carbocycles.